The van der Waals surface area contributed by atoms with E-state index in [1.807, 2.05) is 0 Å². The number of amides is 1. The number of carboxylic acid groups (broad SMARTS) is 1. The number of nitrogens with one attached hydrogen (secondary N) is 1. The van der Waals surface area contributed by atoms with Gasteiger partial charge in [0.15, 0.2) is 0 Å². The Bertz CT molecular complexity index is 991. The number of nitrogens with zero attached hydrogens (tertiary/aromatic N) is 1. The molecule has 27 heavy (non-hydrogen) atoms. The average molecular weight is 392 g/mol. The summed E-state index contributed by atoms with van der Waals surface area (Å²) in [5.74, 6) is -0.903. The fraction of sp³-hybridized carbons (Fsp3) is 0.333. The summed E-state index contributed by atoms with van der Waals surface area (Å²) in [4.78, 5) is 25.1. The summed E-state index contributed by atoms with van der Waals surface area (Å²) in [5, 5.41) is 9.07. The minimum Gasteiger partial charge on any atom is -0.478 e. The first-order chi connectivity index (χ1) is 12.7. The van der Waals surface area contributed by atoms with Crippen LogP contribution in [0.1, 0.15) is 45.1 Å². The number of carboxylic acids is 1. The van der Waals surface area contributed by atoms with E-state index in [0.717, 1.165) is 12.8 Å². The maximum atomic E-state index is 12.6. The van der Waals surface area contributed by atoms with Crippen molar-refractivity contribution in [1.82, 2.24) is 9.62 Å². The second kappa shape index (κ2) is 7.16. The number of aryl methyl sites for hydroxylation is 1. The molecule has 1 aliphatic carbocycles. The van der Waals surface area contributed by atoms with Crippen molar-refractivity contribution in [3.8, 4) is 0 Å². The van der Waals surface area contributed by atoms with E-state index in [2.05, 4.69) is 4.72 Å². The van der Waals surface area contributed by atoms with Crippen molar-refractivity contribution >= 4 is 21.9 Å². The van der Waals surface area contributed by atoms with Gasteiger partial charge in [0.2, 0.25) is 10.0 Å². The van der Waals surface area contributed by atoms with Crippen LogP contribution < -0.4 is 4.72 Å². The van der Waals surface area contributed by atoms with Crippen LogP contribution >= 0.6 is 0 Å². The molecule has 1 aliphatic rings. The third kappa shape index (κ3) is 4.37. The monoisotopic (exact) mass is 392 g/mol. The highest BCUT2D eigenvalue weighted by molar-refractivity contribution is 7.89. The molecule has 1 aromatic heterocycles. The van der Waals surface area contributed by atoms with Gasteiger partial charge in [-0.25, -0.2) is 17.9 Å². The molecule has 3 rings (SSSR count). The predicted octanol–water partition coefficient (Wildman–Crippen LogP) is 2.00. The molecule has 8 nitrogen and oxygen atoms in total. The topological polar surface area (TPSA) is 117 Å². The van der Waals surface area contributed by atoms with Crippen molar-refractivity contribution in [2.45, 2.75) is 37.2 Å². The molecule has 0 aliphatic heterocycles. The minimum absolute atomic E-state index is 0.0253. The van der Waals surface area contributed by atoms with Crippen LogP contribution in [-0.4, -0.2) is 43.4 Å². The lowest BCUT2D eigenvalue weighted by atomic mass is 10.2. The molecule has 9 heteroatoms. The van der Waals surface area contributed by atoms with Crippen LogP contribution in [0.25, 0.3) is 0 Å². The number of benzene rings is 1. The third-order valence-corrected chi connectivity index (χ3v) is 5.75. The SMILES string of the molecule is Cc1oc(CN(C)C(=O)c2cccc(S(=O)(=O)NC3CC3)c2)cc1C(=O)O. The highest BCUT2D eigenvalue weighted by atomic mass is 32.2. The summed E-state index contributed by atoms with van der Waals surface area (Å²) >= 11 is 0. The fourth-order valence-corrected chi connectivity index (χ4v) is 4.00. The van der Waals surface area contributed by atoms with E-state index in [1.54, 1.807) is 0 Å². The molecule has 1 fully saturated rings. The fourth-order valence-electron chi connectivity index (χ4n) is 2.64. The maximum absolute atomic E-state index is 12.6. The normalized spacial score (nSPS) is 14.1. The van der Waals surface area contributed by atoms with E-state index in [1.165, 1.54) is 49.2 Å². The molecule has 1 saturated carbocycles. The Kier molecular flexibility index (Phi) is 5.07. The van der Waals surface area contributed by atoms with Gasteiger partial charge in [0, 0.05) is 18.7 Å². The van der Waals surface area contributed by atoms with E-state index in [4.69, 9.17) is 9.52 Å². The summed E-state index contributed by atoms with van der Waals surface area (Å²) < 4.78 is 32.6. The number of aromatic carboxylic acids is 1. The van der Waals surface area contributed by atoms with E-state index in [0.29, 0.717) is 5.76 Å². The van der Waals surface area contributed by atoms with E-state index < -0.39 is 21.9 Å². The smallest absolute Gasteiger partial charge is 0.339 e. The number of rotatable bonds is 7. The zero-order valence-corrected chi connectivity index (χ0v) is 15.7. The first-order valence-corrected chi connectivity index (χ1v) is 9.86. The highest BCUT2D eigenvalue weighted by Crippen LogP contribution is 2.23. The molecule has 144 valence electrons. The third-order valence-electron chi connectivity index (χ3n) is 4.23. The molecule has 1 aromatic carbocycles. The van der Waals surface area contributed by atoms with Gasteiger partial charge in [-0.3, -0.25) is 4.79 Å². The van der Waals surface area contributed by atoms with Gasteiger partial charge in [-0.05, 0) is 44.0 Å². The molecule has 2 aromatic rings. The number of hydrogen-bond donors (Lipinski definition) is 2. The molecular weight excluding hydrogens is 372 g/mol. The molecule has 2 N–H and O–H groups in total. The molecule has 0 spiro atoms. The van der Waals surface area contributed by atoms with E-state index in [9.17, 15) is 18.0 Å². The molecule has 0 atom stereocenters. The van der Waals surface area contributed by atoms with Crippen LogP contribution in [0, 0.1) is 6.92 Å². The number of sulfonamides is 1. The van der Waals surface area contributed by atoms with Crippen LogP contribution in [0.3, 0.4) is 0 Å². The van der Waals surface area contributed by atoms with Gasteiger partial charge in [0.1, 0.15) is 17.1 Å². The van der Waals surface area contributed by atoms with E-state index >= 15 is 0 Å². The number of furan rings is 1. The Labute approximate surface area is 156 Å². The van der Waals surface area contributed by atoms with Crippen molar-refractivity contribution in [2.24, 2.45) is 0 Å². The lowest BCUT2D eigenvalue weighted by Crippen LogP contribution is -2.28. The Morgan fingerprint density at radius 3 is 2.59 bits per heavy atom. The molecule has 1 heterocycles. The second-order valence-corrected chi connectivity index (χ2v) is 8.29. The van der Waals surface area contributed by atoms with Crippen LogP contribution in [0.5, 0.6) is 0 Å². The largest absolute Gasteiger partial charge is 0.478 e. The summed E-state index contributed by atoms with van der Waals surface area (Å²) in [6, 6.07) is 7.17. The molecule has 0 unspecified atom stereocenters. The van der Waals surface area contributed by atoms with Crippen LogP contribution in [0.15, 0.2) is 39.6 Å². The number of carbonyl (C=O) groups is 2. The van der Waals surface area contributed by atoms with Crippen molar-refractivity contribution < 1.29 is 27.5 Å². The van der Waals surface area contributed by atoms with Gasteiger partial charge in [0.05, 0.1) is 11.4 Å². The Morgan fingerprint density at radius 1 is 1.30 bits per heavy atom. The molecular formula is C18H20N2O6S. The van der Waals surface area contributed by atoms with Crippen LogP contribution in [0.2, 0.25) is 0 Å². The van der Waals surface area contributed by atoms with Crippen molar-refractivity contribution in [3.05, 3.63) is 53.0 Å². The zero-order chi connectivity index (χ0) is 19.8. The summed E-state index contributed by atoms with van der Waals surface area (Å²) in [7, 11) is -2.12. The first kappa shape index (κ1) is 19.1. The average Bonchev–Trinajstić information content (AvgIpc) is 3.33. The van der Waals surface area contributed by atoms with E-state index in [-0.39, 0.29) is 34.4 Å². The minimum atomic E-state index is -3.65. The zero-order valence-electron chi connectivity index (χ0n) is 14.9. The highest BCUT2D eigenvalue weighted by Gasteiger charge is 2.28. The quantitative estimate of drug-likeness (QED) is 0.744. The van der Waals surface area contributed by atoms with Crippen molar-refractivity contribution in [3.63, 3.8) is 0 Å². The van der Waals surface area contributed by atoms with Gasteiger partial charge >= 0.3 is 5.97 Å². The maximum Gasteiger partial charge on any atom is 0.339 e. The summed E-state index contributed by atoms with van der Waals surface area (Å²) in [5.41, 5.74) is 0.267. The predicted molar refractivity (Wildman–Crippen MR) is 96.0 cm³/mol. The lowest BCUT2D eigenvalue weighted by Gasteiger charge is -2.16. The summed E-state index contributed by atoms with van der Waals surface area (Å²) in [6.45, 7) is 1.60. The number of carbonyl (C=O) groups excluding carboxylic acids is 1. The van der Waals surface area contributed by atoms with Gasteiger partial charge in [0.25, 0.3) is 5.91 Å². The van der Waals surface area contributed by atoms with Crippen molar-refractivity contribution in [1.29, 1.82) is 0 Å². The molecule has 0 saturated heterocycles. The van der Waals surface area contributed by atoms with Gasteiger partial charge in [-0.1, -0.05) is 6.07 Å². The first-order valence-electron chi connectivity index (χ1n) is 8.38. The Morgan fingerprint density at radius 2 is 2.00 bits per heavy atom. The van der Waals surface area contributed by atoms with Gasteiger partial charge < -0.3 is 14.4 Å². The molecule has 1 amide bonds. The lowest BCUT2D eigenvalue weighted by molar-refractivity contribution is 0.0694. The van der Waals surface area contributed by atoms with Crippen molar-refractivity contribution in [2.75, 3.05) is 7.05 Å². The second-order valence-electron chi connectivity index (χ2n) is 6.57. The number of hydrogen-bond acceptors (Lipinski definition) is 5. The molecule has 0 radical (unpaired) electrons. The van der Waals surface area contributed by atoms with Gasteiger partial charge in [-0.15, -0.1) is 0 Å². The Balaban J connectivity index is 1.76. The van der Waals surface area contributed by atoms with Gasteiger partial charge in [-0.2, -0.15) is 0 Å². The van der Waals surface area contributed by atoms with Crippen LogP contribution in [0.4, 0.5) is 0 Å². The Hall–Kier alpha value is -2.65. The molecule has 0 bridgehead atoms. The van der Waals surface area contributed by atoms with Crippen LogP contribution in [-0.2, 0) is 16.6 Å². The summed E-state index contributed by atoms with van der Waals surface area (Å²) in [6.07, 6.45) is 1.64. The standard InChI is InChI=1S/C18H20N2O6S/c1-11-16(18(22)23)9-14(26-11)10-20(2)17(21)12-4-3-5-15(8-12)27(24,25)19-13-6-7-13/h3-5,8-9,13,19H,6-7,10H2,1-2H3,(H,22,23).